The van der Waals surface area contributed by atoms with Crippen LogP contribution in [0.3, 0.4) is 0 Å². The second-order valence-electron chi connectivity index (χ2n) is 5.15. The molecule has 1 aromatic heterocycles. The van der Waals surface area contributed by atoms with Gasteiger partial charge in [-0.05, 0) is 25.0 Å². The summed E-state index contributed by atoms with van der Waals surface area (Å²) in [4.78, 5) is 0. The number of hydrogen-bond donors (Lipinski definition) is 1. The lowest BCUT2D eigenvalue weighted by atomic mass is 10.1. The Balaban J connectivity index is 2.12. The zero-order valence-corrected chi connectivity index (χ0v) is 10.3. The summed E-state index contributed by atoms with van der Waals surface area (Å²) in [5.41, 5.74) is 3.01. The van der Waals surface area contributed by atoms with Crippen molar-refractivity contribution in [3.63, 3.8) is 0 Å². The second-order valence-corrected chi connectivity index (χ2v) is 5.15. The van der Waals surface area contributed by atoms with Crippen molar-refractivity contribution in [1.82, 2.24) is 0 Å². The van der Waals surface area contributed by atoms with Gasteiger partial charge < -0.3 is 10.2 Å². The van der Waals surface area contributed by atoms with E-state index in [1.54, 1.807) is 0 Å². The average Bonchev–Trinajstić information content (AvgIpc) is 2.90. The van der Waals surface area contributed by atoms with Crippen LogP contribution < -0.4 is 5.73 Å². The fourth-order valence-corrected chi connectivity index (χ4v) is 2.51. The molecule has 2 N–H and O–H groups in total. The van der Waals surface area contributed by atoms with Crippen LogP contribution in [0.1, 0.15) is 23.7 Å². The molecule has 1 aromatic carbocycles. The van der Waals surface area contributed by atoms with Crippen LogP contribution in [0.25, 0.3) is 11.0 Å². The van der Waals surface area contributed by atoms with Crippen LogP contribution in [0, 0.1) is 18.6 Å². The van der Waals surface area contributed by atoms with E-state index in [1.807, 2.05) is 0 Å². The maximum absolute atomic E-state index is 13.6. The highest BCUT2D eigenvalue weighted by Gasteiger charge is 2.70. The van der Waals surface area contributed by atoms with E-state index in [0.29, 0.717) is 11.6 Å². The molecule has 3 rings (SSSR count). The van der Waals surface area contributed by atoms with E-state index in [0.717, 1.165) is 6.07 Å². The van der Waals surface area contributed by atoms with Gasteiger partial charge in [-0.3, -0.25) is 0 Å². The van der Waals surface area contributed by atoms with E-state index in [2.05, 4.69) is 0 Å². The Labute approximate surface area is 110 Å². The molecule has 1 aliphatic carbocycles. The first-order valence-electron chi connectivity index (χ1n) is 5.89. The minimum absolute atomic E-state index is 0.0238. The first kappa shape index (κ1) is 13.4. The van der Waals surface area contributed by atoms with Crippen molar-refractivity contribution in [3.8, 4) is 0 Å². The number of benzene rings is 1. The quantitative estimate of drug-likeness (QED) is 0.812. The van der Waals surface area contributed by atoms with Crippen LogP contribution in [0.5, 0.6) is 0 Å². The summed E-state index contributed by atoms with van der Waals surface area (Å²) >= 11 is 0. The lowest BCUT2D eigenvalue weighted by Crippen LogP contribution is -2.41. The van der Waals surface area contributed by atoms with Gasteiger partial charge in [-0.15, -0.1) is 0 Å². The smallest absolute Gasteiger partial charge is 0.407 e. The molecule has 1 aliphatic rings. The summed E-state index contributed by atoms with van der Waals surface area (Å²) in [6.45, 7) is 1.47. The molecular formula is C13H10F5NO. The molecule has 0 amide bonds. The minimum Gasteiger partial charge on any atom is -0.457 e. The summed E-state index contributed by atoms with van der Waals surface area (Å²) in [5, 5.41) is 0.133. The lowest BCUT2D eigenvalue weighted by molar-refractivity contribution is -0.158. The van der Waals surface area contributed by atoms with Gasteiger partial charge in [-0.2, -0.15) is 13.2 Å². The van der Waals surface area contributed by atoms with Crippen molar-refractivity contribution in [2.24, 2.45) is 5.73 Å². The number of hydrogen-bond acceptors (Lipinski definition) is 2. The highest BCUT2D eigenvalue weighted by atomic mass is 19.4. The van der Waals surface area contributed by atoms with E-state index in [4.69, 9.17) is 10.2 Å². The number of furan rings is 1. The fraction of sp³-hybridized carbons (Fsp3) is 0.385. The predicted octanol–water partition coefficient (Wildman–Crippen LogP) is 3.77. The number of halogens is 5. The molecule has 20 heavy (non-hydrogen) atoms. The van der Waals surface area contributed by atoms with E-state index in [1.165, 1.54) is 6.92 Å². The molecule has 2 nitrogen and oxygen atoms in total. The van der Waals surface area contributed by atoms with Crippen LogP contribution in [-0.2, 0) is 0 Å². The van der Waals surface area contributed by atoms with Crippen LogP contribution in [0.15, 0.2) is 16.5 Å². The van der Waals surface area contributed by atoms with Crippen LogP contribution in [-0.4, -0.2) is 11.7 Å². The van der Waals surface area contributed by atoms with E-state index < -0.39 is 29.3 Å². The van der Waals surface area contributed by atoms with Gasteiger partial charge in [-0.1, -0.05) is 0 Å². The third-order valence-electron chi connectivity index (χ3n) is 3.84. The van der Waals surface area contributed by atoms with Crippen molar-refractivity contribution < 1.29 is 26.4 Å². The summed E-state index contributed by atoms with van der Waals surface area (Å²) in [6, 6.07) is 1.66. The van der Waals surface area contributed by atoms with Gasteiger partial charge in [0.25, 0.3) is 0 Å². The predicted molar refractivity (Wildman–Crippen MR) is 61.2 cm³/mol. The molecule has 108 valence electrons. The van der Waals surface area contributed by atoms with Gasteiger partial charge in [0.2, 0.25) is 0 Å². The molecule has 2 atom stereocenters. The molecule has 0 aliphatic heterocycles. The van der Waals surface area contributed by atoms with Crippen molar-refractivity contribution in [2.45, 2.75) is 31.0 Å². The molecule has 1 heterocycles. The van der Waals surface area contributed by atoms with E-state index in [-0.39, 0.29) is 23.2 Å². The molecule has 2 aromatic rings. The fourth-order valence-electron chi connectivity index (χ4n) is 2.51. The van der Waals surface area contributed by atoms with Gasteiger partial charge in [0, 0.05) is 17.4 Å². The number of rotatable bonds is 1. The van der Waals surface area contributed by atoms with Gasteiger partial charge in [0.1, 0.15) is 17.1 Å². The maximum atomic E-state index is 13.6. The zero-order chi connectivity index (χ0) is 14.9. The highest BCUT2D eigenvalue weighted by molar-refractivity contribution is 5.83. The number of aryl methyl sites for hydroxylation is 1. The average molecular weight is 291 g/mol. The minimum atomic E-state index is -4.56. The Morgan fingerprint density at radius 1 is 1.30 bits per heavy atom. The number of nitrogens with two attached hydrogens (primary N) is 1. The summed E-state index contributed by atoms with van der Waals surface area (Å²) in [7, 11) is 0. The molecule has 0 saturated heterocycles. The molecule has 7 heteroatoms. The van der Waals surface area contributed by atoms with Crippen molar-refractivity contribution in [3.05, 3.63) is 35.1 Å². The Morgan fingerprint density at radius 2 is 1.95 bits per heavy atom. The largest absolute Gasteiger partial charge is 0.457 e. The van der Waals surface area contributed by atoms with Crippen LogP contribution in [0.2, 0.25) is 0 Å². The second kappa shape index (κ2) is 3.72. The normalized spacial score (nSPS) is 26.2. The summed E-state index contributed by atoms with van der Waals surface area (Å²) < 4.78 is 70.3. The lowest BCUT2D eigenvalue weighted by Gasteiger charge is -2.15. The highest BCUT2D eigenvalue weighted by Crippen LogP contribution is 2.59. The van der Waals surface area contributed by atoms with Crippen LogP contribution >= 0.6 is 0 Å². The SMILES string of the molecule is Cc1c(C2CC2(N)C(F)(F)F)oc2c(F)cc(F)cc12. The molecular weight excluding hydrogens is 281 g/mol. The molecule has 1 fully saturated rings. The number of alkyl halides is 3. The van der Waals surface area contributed by atoms with Gasteiger partial charge in [0.05, 0.1) is 0 Å². The first-order valence-corrected chi connectivity index (χ1v) is 5.89. The van der Waals surface area contributed by atoms with E-state index >= 15 is 0 Å². The molecule has 0 radical (unpaired) electrons. The van der Waals surface area contributed by atoms with Crippen molar-refractivity contribution in [2.75, 3.05) is 0 Å². The Hall–Kier alpha value is -1.63. The third kappa shape index (κ3) is 1.65. The third-order valence-corrected chi connectivity index (χ3v) is 3.84. The van der Waals surface area contributed by atoms with Crippen molar-refractivity contribution >= 4 is 11.0 Å². The molecule has 2 unspecified atom stereocenters. The topological polar surface area (TPSA) is 39.2 Å². The Kier molecular flexibility index (Phi) is 2.48. The standard InChI is InChI=1S/C13H10F5NO/c1-5-7-2-6(14)3-9(15)11(7)20-10(5)8-4-12(8,19)13(16,17)18/h2-3,8H,4,19H2,1H3. The number of fused-ring (bicyclic) bond motifs is 1. The summed E-state index contributed by atoms with van der Waals surface area (Å²) in [5.74, 6) is -2.83. The maximum Gasteiger partial charge on any atom is 0.407 e. The Morgan fingerprint density at radius 3 is 2.50 bits per heavy atom. The molecule has 0 spiro atoms. The van der Waals surface area contributed by atoms with E-state index in [9.17, 15) is 22.0 Å². The van der Waals surface area contributed by atoms with Crippen LogP contribution in [0.4, 0.5) is 22.0 Å². The molecule has 1 saturated carbocycles. The molecule has 0 bridgehead atoms. The van der Waals surface area contributed by atoms with Gasteiger partial charge in [-0.25, -0.2) is 8.78 Å². The van der Waals surface area contributed by atoms with Gasteiger partial charge in [0.15, 0.2) is 11.4 Å². The van der Waals surface area contributed by atoms with Gasteiger partial charge >= 0.3 is 6.18 Å². The Bertz CT molecular complexity index is 705. The zero-order valence-electron chi connectivity index (χ0n) is 10.3. The monoisotopic (exact) mass is 291 g/mol. The van der Waals surface area contributed by atoms with Crippen molar-refractivity contribution in [1.29, 1.82) is 0 Å². The summed E-state index contributed by atoms with van der Waals surface area (Å²) in [6.07, 6.45) is -4.88. The first-order chi connectivity index (χ1) is 9.15.